The average molecular weight is 316 g/mol. The molecule has 0 aliphatic rings. The van der Waals surface area contributed by atoms with Gasteiger partial charge in [-0.25, -0.2) is 12.8 Å². The lowest BCUT2D eigenvalue weighted by atomic mass is 10.2. The van der Waals surface area contributed by atoms with Crippen molar-refractivity contribution in [2.45, 2.75) is 11.8 Å². The maximum Gasteiger partial charge on any atom is 0.261 e. The van der Waals surface area contributed by atoms with E-state index in [1.54, 1.807) is 12.1 Å². The molecular weight excluding hydrogens is 303 g/mol. The summed E-state index contributed by atoms with van der Waals surface area (Å²) in [6.45, 7) is 1.84. The van der Waals surface area contributed by atoms with Gasteiger partial charge in [0.15, 0.2) is 0 Å². The maximum absolute atomic E-state index is 12.9. The van der Waals surface area contributed by atoms with Gasteiger partial charge in [-0.2, -0.15) is 0 Å². The molecule has 0 amide bonds. The first-order valence-electron chi connectivity index (χ1n) is 6.60. The molecule has 112 valence electrons. The second-order valence-electron chi connectivity index (χ2n) is 4.89. The van der Waals surface area contributed by atoms with Crippen molar-refractivity contribution in [2.24, 2.45) is 0 Å². The summed E-state index contributed by atoms with van der Waals surface area (Å²) in [5.74, 6) is -0.485. The quantitative estimate of drug-likeness (QED) is 0.805. The van der Waals surface area contributed by atoms with Gasteiger partial charge in [0.25, 0.3) is 10.0 Å². The number of pyridine rings is 1. The smallest absolute Gasteiger partial charge is 0.261 e. The summed E-state index contributed by atoms with van der Waals surface area (Å²) in [5, 5.41) is 0.838. The number of fused-ring (bicyclic) bond motifs is 1. The van der Waals surface area contributed by atoms with E-state index >= 15 is 0 Å². The maximum atomic E-state index is 12.9. The molecule has 1 N–H and O–H groups in total. The largest absolute Gasteiger partial charge is 0.277 e. The molecule has 0 aliphatic heterocycles. The van der Waals surface area contributed by atoms with Crippen molar-refractivity contribution in [3.05, 3.63) is 66.1 Å². The van der Waals surface area contributed by atoms with E-state index in [4.69, 9.17) is 0 Å². The van der Waals surface area contributed by atoms with Crippen LogP contribution >= 0.6 is 0 Å². The zero-order chi connectivity index (χ0) is 15.7. The highest BCUT2D eigenvalue weighted by atomic mass is 32.2. The van der Waals surface area contributed by atoms with Crippen LogP contribution in [0.15, 0.2) is 59.5 Å². The van der Waals surface area contributed by atoms with Crippen molar-refractivity contribution < 1.29 is 12.8 Å². The number of hydrogen-bond acceptors (Lipinski definition) is 3. The van der Waals surface area contributed by atoms with Gasteiger partial charge in [-0.3, -0.25) is 9.71 Å². The minimum absolute atomic E-state index is 0.00134. The van der Waals surface area contributed by atoms with E-state index in [-0.39, 0.29) is 4.90 Å². The van der Waals surface area contributed by atoms with E-state index in [9.17, 15) is 12.8 Å². The summed E-state index contributed by atoms with van der Waals surface area (Å²) in [6, 6.07) is 13.7. The van der Waals surface area contributed by atoms with E-state index < -0.39 is 15.8 Å². The van der Waals surface area contributed by atoms with Crippen LogP contribution in [-0.2, 0) is 10.0 Å². The molecule has 0 fully saturated rings. The van der Waals surface area contributed by atoms with Crippen molar-refractivity contribution in [3.63, 3.8) is 0 Å². The average Bonchev–Trinajstić information content (AvgIpc) is 2.48. The number of anilines is 1. The summed E-state index contributed by atoms with van der Waals surface area (Å²) in [6.07, 6.45) is 0. The molecule has 0 atom stereocenters. The number of rotatable bonds is 3. The molecule has 0 spiro atoms. The normalized spacial score (nSPS) is 11.5. The number of hydrogen-bond donors (Lipinski definition) is 1. The van der Waals surface area contributed by atoms with Gasteiger partial charge in [0, 0.05) is 11.1 Å². The fraction of sp³-hybridized carbons (Fsp3) is 0.0625. The Morgan fingerprint density at radius 3 is 2.45 bits per heavy atom. The van der Waals surface area contributed by atoms with Gasteiger partial charge in [-0.05, 0) is 43.3 Å². The van der Waals surface area contributed by atoms with Crippen LogP contribution in [0.2, 0.25) is 0 Å². The molecule has 3 aromatic rings. The Morgan fingerprint density at radius 2 is 1.73 bits per heavy atom. The number of benzene rings is 2. The van der Waals surface area contributed by atoms with Crippen LogP contribution in [0.1, 0.15) is 5.69 Å². The van der Waals surface area contributed by atoms with Gasteiger partial charge in [0.1, 0.15) is 5.82 Å². The fourth-order valence-electron chi connectivity index (χ4n) is 2.14. The summed E-state index contributed by atoms with van der Waals surface area (Å²) in [7, 11) is -3.79. The number of nitrogens with zero attached hydrogens (tertiary/aromatic N) is 1. The Bertz CT molecular complexity index is 938. The van der Waals surface area contributed by atoms with E-state index in [0.717, 1.165) is 23.2 Å². The Balaban J connectivity index is 2.06. The summed E-state index contributed by atoms with van der Waals surface area (Å²) < 4.78 is 40.2. The molecule has 0 bridgehead atoms. The molecule has 1 heterocycles. The number of sulfonamides is 1. The van der Waals surface area contributed by atoms with Crippen LogP contribution < -0.4 is 4.72 Å². The molecule has 0 saturated carbocycles. The number of aromatic nitrogens is 1. The van der Waals surface area contributed by atoms with E-state index in [0.29, 0.717) is 11.2 Å². The molecule has 0 unspecified atom stereocenters. The van der Waals surface area contributed by atoms with Gasteiger partial charge >= 0.3 is 0 Å². The lowest BCUT2D eigenvalue weighted by molar-refractivity contribution is 0.599. The van der Waals surface area contributed by atoms with Gasteiger partial charge in [0.05, 0.1) is 16.1 Å². The molecule has 6 heteroatoms. The highest BCUT2D eigenvalue weighted by Gasteiger charge is 2.16. The minimum atomic E-state index is -3.79. The second-order valence-corrected chi connectivity index (χ2v) is 6.57. The Morgan fingerprint density at radius 1 is 1.00 bits per heavy atom. The van der Waals surface area contributed by atoms with Crippen molar-refractivity contribution >= 4 is 26.6 Å². The Hall–Kier alpha value is -2.47. The lowest BCUT2D eigenvalue weighted by Crippen LogP contribution is -2.13. The van der Waals surface area contributed by atoms with E-state index in [1.807, 2.05) is 25.1 Å². The molecule has 4 nitrogen and oxygen atoms in total. The number of para-hydroxylation sites is 1. The SMILES string of the molecule is Cc1ccc2cccc(NS(=O)(=O)c3ccc(F)cc3)c2n1. The third-order valence-electron chi connectivity index (χ3n) is 3.23. The predicted octanol–water partition coefficient (Wildman–Crippen LogP) is 3.48. The number of nitrogens with one attached hydrogen (secondary N) is 1. The molecule has 2 aromatic carbocycles. The van der Waals surface area contributed by atoms with Crippen molar-refractivity contribution in [2.75, 3.05) is 4.72 Å². The third kappa shape index (κ3) is 2.78. The van der Waals surface area contributed by atoms with E-state index in [1.165, 1.54) is 12.1 Å². The Kier molecular flexibility index (Phi) is 3.54. The zero-order valence-electron chi connectivity index (χ0n) is 11.7. The minimum Gasteiger partial charge on any atom is -0.277 e. The monoisotopic (exact) mass is 316 g/mol. The van der Waals surface area contributed by atoms with Crippen LogP contribution in [0.3, 0.4) is 0 Å². The van der Waals surface area contributed by atoms with Crippen LogP contribution in [0.25, 0.3) is 10.9 Å². The number of halogens is 1. The predicted molar refractivity (Wildman–Crippen MR) is 83.7 cm³/mol. The standard InChI is InChI=1S/C16H13FN2O2S/c1-11-5-6-12-3-2-4-15(16(12)18-11)19-22(20,21)14-9-7-13(17)8-10-14/h2-10,19H,1H3. The van der Waals surface area contributed by atoms with Gasteiger partial charge < -0.3 is 0 Å². The molecule has 0 aliphatic carbocycles. The summed E-state index contributed by atoms with van der Waals surface area (Å²) >= 11 is 0. The van der Waals surface area contributed by atoms with Crippen LogP contribution in [-0.4, -0.2) is 13.4 Å². The molecule has 22 heavy (non-hydrogen) atoms. The lowest BCUT2D eigenvalue weighted by Gasteiger charge is -2.10. The van der Waals surface area contributed by atoms with Crippen LogP contribution in [0.4, 0.5) is 10.1 Å². The topological polar surface area (TPSA) is 59.1 Å². The van der Waals surface area contributed by atoms with Gasteiger partial charge in [-0.1, -0.05) is 18.2 Å². The fourth-order valence-corrected chi connectivity index (χ4v) is 3.21. The second kappa shape index (κ2) is 5.38. The first-order valence-corrected chi connectivity index (χ1v) is 8.09. The Labute approximate surface area is 127 Å². The molecule has 1 aromatic heterocycles. The van der Waals surface area contributed by atoms with Crippen LogP contribution in [0.5, 0.6) is 0 Å². The zero-order valence-corrected chi connectivity index (χ0v) is 12.6. The van der Waals surface area contributed by atoms with Crippen LogP contribution in [0, 0.1) is 12.7 Å². The first-order chi connectivity index (χ1) is 10.5. The van der Waals surface area contributed by atoms with Crippen molar-refractivity contribution in [1.82, 2.24) is 4.98 Å². The molecule has 0 saturated heterocycles. The molecule has 0 radical (unpaired) electrons. The van der Waals surface area contributed by atoms with Crippen molar-refractivity contribution in [3.8, 4) is 0 Å². The summed E-state index contributed by atoms with van der Waals surface area (Å²) in [4.78, 5) is 4.38. The third-order valence-corrected chi connectivity index (χ3v) is 4.61. The highest BCUT2D eigenvalue weighted by Crippen LogP contribution is 2.24. The molecule has 3 rings (SSSR count). The number of aryl methyl sites for hydroxylation is 1. The van der Waals surface area contributed by atoms with Crippen molar-refractivity contribution in [1.29, 1.82) is 0 Å². The highest BCUT2D eigenvalue weighted by molar-refractivity contribution is 7.92. The van der Waals surface area contributed by atoms with Gasteiger partial charge in [0.2, 0.25) is 0 Å². The first kappa shape index (κ1) is 14.5. The van der Waals surface area contributed by atoms with E-state index in [2.05, 4.69) is 9.71 Å². The molecular formula is C16H13FN2O2S. The van der Waals surface area contributed by atoms with Gasteiger partial charge in [-0.15, -0.1) is 0 Å². The summed E-state index contributed by atoms with van der Waals surface area (Å²) in [5.41, 5.74) is 1.76.